The Hall–Kier alpha value is -1.85. The summed E-state index contributed by atoms with van der Waals surface area (Å²) in [5.41, 5.74) is 5.46. The second-order valence-electron chi connectivity index (χ2n) is 3.17. The normalized spacial score (nSPS) is 10.2. The molecule has 1 rings (SSSR count). The van der Waals surface area contributed by atoms with Gasteiger partial charge >= 0.3 is 5.82 Å². The van der Waals surface area contributed by atoms with Crippen LogP contribution in [0.4, 0.5) is 17.3 Å². The Labute approximate surface area is 81.3 Å². The first-order chi connectivity index (χ1) is 6.50. The summed E-state index contributed by atoms with van der Waals surface area (Å²) >= 11 is 0. The number of aromatic nitrogens is 1. The predicted octanol–water partition coefficient (Wildman–Crippen LogP) is 1.39. The molecule has 0 unspecified atom stereocenters. The lowest BCUT2D eigenvalue weighted by Crippen LogP contribution is -2.12. The van der Waals surface area contributed by atoms with E-state index < -0.39 is 4.92 Å². The van der Waals surface area contributed by atoms with E-state index in [1.807, 2.05) is 13.8 Å². The van der Waals surface area contributed by atoms with Gasteiger partial charge in [-0.1, -0.05) is 0 Å². The fraction of sp³-hybridized carbons (Fsp3) is 0.375. The summed E-state index contributed by atoms with van der Waals surface area (Å²) in [7, 11) is 0. The highest BCUT2D eigenvalue weighted by Gasteiger charge is 2.15. The van der Waals surface area contributed by atoms with Gasteiger partial charge in [0.2, 0.25) is 5.82 Å². The SMILES string of the molecule is CC(C)Nc1ccc(N)c([N+](=O)[O-])n1. The van der Waals surface area contributed by atoms with Crippen molar-refractivity contribution >= 4 is 17.3 Å². The molecule has 0 atom stereocenters. The van der Waals surface area contributed by atoms with E-state index in [-0.39, 0.29) is 17.5 Å². The molecule has 0 bridgehead atoms. The molecule has 3 N–H and O–H groups in total. The minimum absolute atomic E-state index is 0.0734. The number of rotatable bonds is 3. The quantitative estimate of drug-likeness (QED) is 0.562. The van der Waals surface area contributed by atoms with E-state index in [1.54, 1.807) is 6.07 Å². The van der Waals surface area contributed by atoms with Gasteiger partial charge in [-0.3, -0.25) is 0 Å². The van der Waals surface area contributed by atoms with E-state index >= 15 is 0 Å². The Morgan fingerprint density at radius 3 is 2.71 bits per heavy atom. The number of anilines is 2. The molecule has 14 heavy (non-hydrogen) atoms. The first-order valence-corrected chi connectivity index (χ1v) is 4.18. The van der Waals surface area contributed by atoms with Crippen molar-refractivity contribution in [2.45, 2.75) is 19.9 Å². The van der Waals surface area contributed by atoms with E-state index in [0.29, 0.717) is 5.82 Å². The van der Waals surface area contributed by atoms with Crippen LogP contribution in [0.3, 0.4) is 0 Å². The van der Waals surface area contributed by atoms with Crippen LogP contribution in [0.2, 0.25) is 0 Å². The van der Waals surface area contributed by atoms with Gasteiger partial charge < -0.3 is 21.2 Å². The third-order valence-corrected chi connectivity index (χ3v) is 1.51. The van der Waals surface area contributed by atoms with Crippen LogP contribution in [0, 0.1) is 10.1 Å². The van der Waals surface area contributed by atoms with Gasteiger partial charge in [0, 0.05) is 12.1 Å². The summed E-state index contributed by atoms with van der Waals surface area (Å²) in [6.07, 6.45) is 0. The first-order valence-electron chi connectivity index (χ1n) is 4.18. The van der Waals surface area contributed by atoms with Gasteiger partial charge in [0.25, 0.3) is 0 Å². The number of nitro groups is 1. The Morgan fingerprint density at radius 2 is 2.21 bits per heavy atom. The van der Waals surface area contributed by atoms with Gasteiger partial charge in [-0.05, 0) is 29.8 Å². The molecular weight excluding hydrogens is 184 g/mol. The summed E-state index contributed by atoms with van der Waals surface area (Å²) < 4.78 is 0. The van der Waals surface area contributed by atoms with Crippen molar-refractivity contribution in [1.82, 2.24) is 4.98 Å². The summed E-state index contributed by atoms with van der Waals surface area (Å²) in [5, 5.41) is 13.5. The summed E-state index contributed by atoms with van der Waals surface area (Å²) in [6.45, 7) is 3.84. The molecule has 0 amide bonds. The van der Waals surface area contributed by atoms with E-state index in [4.69, 9.17) is 5.73 Å². The molecule has 6 heteroatoms. The molecule has 0 aliphatic heterocycles. The van der Waals surface area contributed by atoms with Crippen LogP contribution in [-0.4, -0.2) is 15.9 Å². The highest BCUT2D eigenvalue weighted by Crippen LogP contribution is 2.20. The molecule has 0 fully saturated rings. The van der Waals surface area contributed by atoms with Crippen LogP contribution in [0.1, 0.15) is 13.8 Å². The summed E-state index contributed by atoms with van der Waals surface area (Å²) in [5.74, 6) is 0.150. The van der Waals surface area contributed by atoms with Crippen LogP contribution >= 0.6 is 0 Å². The first kappa shape index (κ1) is 10.2. The lowest BCUT2D eigenvalue weighted by atomic mass is 10.3. The maximum Gasteiger partial charge on any atom is 0.388 e. The van der Waals surface area contributed by atoms with E-state index in [1.165, 1.54) is 6.07 Å². The van der Waals surface area contributed by atoms with E-state index in [2.05, 4.69) is 10.3 Å². The van der Waals surface area contributed by atoms with Crippen molar-refractivity contribution in [2.24, 2.45) is 0 Å². The standard InChI is InChI=1S/C8H12N4O2/c1-5(2)10-7-4-3-6(9)8(11-7)12(13)14/h3-5H,9H2,1-2H3,(H,10,11). The monoisotopic (exact) mass is 196 g/mol. The molecule has 0 aliphatic rings. The topological polar surface area (TPSA) is 94.1 Å². The largest absolute Gasteiger partial charge is 0.392 e. The van der Waals surface area contributed by atoms with Crippen LogP contribution in [0.25, 0.3) is 0 Å². The predicted molar refractivity (Wildman–Crippen MR) is 54.1 cm³/mol. The molecular formula is C8H12N4O2. The van der Waals surface area contributed by atoms with Gasteiger partial charge in [-0.15, -0.1) is 0 Å². The number of nitrogens with one attached hydrogen (secondary N) is 1. The Balaban J connectivity index is 3.00. The molecule has 1 aromatic rings. The van der Waals surface area contributed by atoms with Crippen molar-refractivity contribution in [2.75, 3.05) is 11.1 Å². The van der Waals surface area contributed by atoms with Crippen molar-refractivity contribution in [3.05, 3.63) is 22.2 Å². The third-order valence-electron chi connectivity index (χ3n) is 1.51. The van der Waals surface area contributed by atoms with Crippen LogP contribution in [-0.2, 0) is 0 Å². The number of nitrogen functional groups attached to an aromatic ring is 1. The van der Waals surface area contributed by atoms with Crippen LogP contribution in [0.5, 0.6) is 0 Å². The van der Waals surface area contributed by atoms with Crippen LogP contribution in [0.15, 0.2) is 12.1 Å². The highest BCUT2D eigenvalue weighted by molar-refractivity contribution is 5.57. The maximum atomic E-state index is 10.5. The molecule has 0 saturated heterocycles. The van der Waals surface area contributed by atoms with Gasteiger partial charge in [0.05, 0.1) is 0 Å². The summed E-state index contributed by atoms with van der Waals surface area (Å²) in [6, 6.07) is 3.25. The minimum Gasteiger partial charge on any atom is -0.392 e. The summed E-state index contributed by atoms with van der Waals surface area (Å²) in [4.78, 5) is 13.7. The maximum absolute atomic E-state index is 10.5. The van der Waals surface area contributed by atoms with E-state index in [0.717, 1.165) is 0 Å². The molecule has 0 spiro atoms. The zero-order chi connectivity index (χ0) is 10.7. The van der Waals surface area contributed by atoms with Crippen LogP contribution < -0.4 is 11.1 Å². The van der Waals surface area contributed by atoms with Gasteiger partial charge in [0.1, 0.15) is 5.69 Å². The minimum atomic E-state index is -0.596. The van der Waals surface area contributed by atoms with Crippen molar-refractivity contribution in [1.29, 1.82) is 0 Å². The van der Waals surface area contributed by atoms with Gasteiger partial charge in [0.15, 0.2) is 0 Å². The fourth-order valence-corrected chi connectivity index (χ4v) is 0.982. The molecule has 0 aliphatic carbocycles. The number of hydrogen-bond donors (Lipinski definition) is 2. The second-order valence-corrected chi connectivity index (χ2v) is 3.17. The number of nitrogens with two attached hydrogens (primary N) is 1. The smallest absolute Gasteiger partial charge is 0.388 e. The Morgan fingerprint density at radius 1 is 1.57 bits per heavy atom. The lowest BCUT2D eigenvalue weighted by Gasteiger charge is -2.05. The number of pyridine rings is 1. The molecule has 6 nitrogen and oxygen atoms in total. The van der Waals surface area contributed by atoms with E-state index in [9.17, 15) is 10.1 Å². The third kappa shape index (κ3) is 2.32. The second kappa shape index (κ2) is 3.91. The lowest BCUT2D eigenvalue weighted by molar-refractivity contribution is -0.388. The number of nitrogens with zero attached hydrogens (tertiary/aromatic N) is 2. The Bertz CT molecular complexity index is 351. The zero-order valence-corrected chi connectivity index (χ0v) is 8.02. The van der Waals surface area contributed by atoms with Gasteiger partial charge in [-0.2, -0.15) is 0 Å². The Kier molecular flexibility index (Phi) is 2.85. The van der Waals surface area contributed by atoms with Crippen molar-refractivity contribution in [3.63, 3.8) is 0 Å². The number of hydrogen-bond acceptors (Lipinski definition) is 5. The molecule has 0 aromatic carbocycles. The molecule has 76 valence electrons. The average molecular weight is 196 g/mol. The fourth-order valence-electron chi connectivity index (χ4n) is 0.982. The molecule has 0 radical (unpaired) electrons. The highest BCUT2D eigenvalue weighted by atomic mass is 16.6. The van der Waals surface area contributed by atoms with Gasteiger partial charge in [-0.25, -0.2) is 0 Å². The average Bonchev–Trinajstić information content (AvgIpc) is 2.07. The molecule has 0 saturated carbocycles. The molecule has 1 aromatic heterocycles. The van der Waals surface area contributed by atoms with Crippen molar-refractivity contribution < 1.29 is 4.92 Å². The zero-order valence-electron chi connectivity index (χ0n) is 8.02. The van der Waals surface area contributed by atoms with Crippen molar-refractivity contribution in [3.8, 4) is 0 Å². The molecule has 1 heterocycles.